The van der Waals surface area contributed by atoms with Gasteiger partial charge in [0.05, 0.1) is 5.69 Å². The lowest BCUT2D eigenvalue weighted by atomic mass is 10.1. The number of hydrogen-bond donors (Lipinski definition) is 2. The summed E-state index contributed by atoms with van der Waals surface area (Å²) in [5.41, 5.74) is 3.95. The molecule has 1 aromatic carbocycles. The molecule has 0 saturated carbocycles. The summed E-state index contributed by atoms with van der Waals surface area (Å²) in [6.07, 6.45) is 3.34. The fourth-order valence-corrected chi connectivity index (χ4v) is 3.14. The van der Waals surface area contributed by atoms with Crippen molar-refractivity contribution in [3.8, 4) is 22.5 Å². The van der Waals surface area contributed by atoms with Crippen molar-refractivity contribution in [3.05, 3.63) is 65.9 Å². The number of amides is 2. The van der Waals surface area contributed by atoms with Crippen LogP contribution in [0.3, 0.4) is 0 Å². The van der Waals surface area contributed by atoms with Crippen LogP contribution in [0.2, 0.25) is 5.02 Å². The number of anilines is 1. The summed E-state index contributed by atoms with van der Waals surface area (Å²) >= 11 is 6.19. The lowest BCUT2D eigenvalue weighted by Crippen LogP contribution is -2.28. The van der Waals surface area contributed by atoms with Gasteiger partial charge in [-0.2, -0.15) is 5.10 Å². The molecule has 0 unspecified atom stereocenters. The zero-order valence-corrected chi connectivity index (χ0v) is 15.8. The Hall–Kier alpha value is -3.45. The number of nitrogens with zero attached hydrogens (tertiary/aromatic N) is 4. The Morgan fingerprint density at radius 1 is 1.11 bits per heavy atom. The molecule has 4 aromatic rings. The van der Waals surface area contributed by atoms with E-state index in [1.54, 1.807) is 23.0 Å². The zero-order valence-electron chi connectivity index (χ0n) is 15.1. The minimum atomic E-state index is -0.307. The molecule has 0 bridgehead atoms. The van der Waals surface area contributed by atoms with Crippen molar-refractivity contribution in [2.75, 3.05) is 11.9 Å². The molecule has 3 heterocycles. The number of benzene rings is 1. The Morgan fingerprint density at radius 2 is 2.00 bits per heavy atom. The second kappa shape index (κ2) is 7.66. The van der Waals surface area contributed by atoms with Crippen molar-refractivity contribution in [1.29, 1.82) is 0 Å². The number of halogens is 1. The van der Waals surface area contributed by atoms with Gasteiger partial charge in [0, 0.05) is 35.1 Å². The summed E-state index contributed by atoms with van der Waals surface area (Å²) in [5, 5.41) is 10.5. The van der Waals surface area contributed by atoms with E-state index in [1.165, 1.54) is 0 Å². The lowest BCUT2D eigenvalue weighted by molar-refractivity contribution is 0.252. The first-order chi connectivity index (χ1) is 13.7. The Balaban J connectivity index is 1.86. The van der Waals surface area contributed by atoms with Crippen LogP contribution in [-0.4, -0.2) is 32.2 Å². The molecule has 7 nitrogen and oxygen atoms in total. The molecule has 0 fully saturated rings. The van der Waals surface area contributed by atoms with Crippen LogP contribution in [0, 0.1) is 0 Å². The normalized spacial score (nSPS) is 10.8. The number of rotatable bonds is 4. The van der Waals surface area contributed by atoms with E-state index in [2.05, 4.69) is 20.7 Å². The molecule has 0 aliphatic rings. The average Bonchev–Trinajstić information content (AvgIpc) is 3.08. The van der Waals surface area contributed by atoms with Crippen molar-refractivity contribution in [2.24, 2.45) is 0 Å². The van der Waals surface area contributed by atoms with Gasteiger partial charge in [-0.1, -0.05) is 23.7 Å². The van der Waals surface area contributed by atoms with Crippen LogP contribution in [0.5, 0.6) is 0 Å². The number of nitrogens with one attached hydrogen (secondary N) is 2. The Morgan fingerprint density at radius 3 is 2.82 bits per heavy atom. The minimum absolute atomic E-state index is 0.307. The Labute approximate surface area is 166 Å². The summed E-state index contributed by atoms with van der Waals surface area (Å²) in [7, 11) is 0. The van der Waals surface area contributed by atoms with Crippen LogP contribution >= 0.6 is 11.6 Å². The molecular formula is C20H17ClN6O. The number of urea groups is 1. The predicted molar refractivity (Wildman–Crippen MR) is 109 cm³/mol. The highest BCUT2D eigenvalue weighted by Crippen LogP contribution is 2.33. The molecule has 2 amide bonds. The van der Waals surface area contributed by atoms with E-state index in [0.29, 0.717) is 23.0 Å². The summed E-state index contributed by atoms with van der Waals surface area (Å²) in [6, 6.07) is 14.6. The highest BCUT2D eigenvalue weighted by Gasteiger charge is 2.18. The van der Waals surface area contributed by atoms with Gasteiger partial charge in [-0.25, -0.2) is 19.3 Å². The largest absolute Gasteiger partial charge is 0.338 e. The van der Waals surface area contributed by atoms with E-state index < -0.39 is 0 Å². The molecule has 0 saturated heterocycles. The highest BCUT2D eigenvalue weighted by atomic mass is 35.5. The summed E-state index contributed by atoms with van der Waals surface area (Å²) < 4.78 is 1.77. The smallest absolute Gasteiger partial charge is 0.320 e. The predicted octanol–water partition coefficient (Wildman–Crippen LogP) is 4.25. The maximum absolute atomic E-state index is 11.8. The van der Waals surface area contributed by atoms with E-state index in [0.717, 1.165) is 22.5 Å². The third-order valence-electron chi connectivity index (χ3n) is 4.10. The zero-order chi connectivity index (χ0) is 19.5. The lowest BCUT2D eigenvalue weighted by Gasteiger charge is -2.08. The molecule has 8 heteroatoms. The molecule has 2 N–H and O–H groups in total. The molecule has 4 rings (SSSR count). The molecule has 0 spiro atoms. The van der Waals surface area contributed by atoms with E-state index in [9.17, 15) is 4.79 Å². The number of carbonyl (C=O) groups is 1. The first-order valence-corrected chi connectivity index (χ1v) is 9.14. The number of hydrogen-bond acceptors (Lipinski definition) is 4. The molecule has 0 aliphatic carbocycles. The van der Waals surface area contributed by atoms with Gasteiger partial charge in [0.1, 0.15) is 11.5 Å². The van der Waals surface area contributed by atoms with Gasteiger partial charge in [0.15, 0.2) is 5.65 Å². The van der Waals surface area contributed by atoms with Crippen molar-refractivity contribution < 1.29 is 4.79 Å². The van der Waals surface area contributed by atoms with Gasteiger partial charge < -0.3 is 5.32 Å². The molecular weight excluding hydrogens is 376 g/mol. The van der Waals surface area contributed by atoms with Crippen molar-refractivity contribution in [3.63, 3.8) is 0 Å². The molecule has 0 radical (unpaired) electrons. The quantitative estimate of drug-likeness (QED) is 0.543. The molecule has 140 valence electrons. The SMILES string of the molecule is CCNC(=O)Nc1cc(-c2c(-c3cccc(Cl)c3)nc3cccnn23)ccn1. The van der Waals surface area contributed by atoms with Gasteiger partial charge in [0.25, 0.3) is 0 Å². The minimum Gasteiger partial charge on any atom is -0.338 e. The van der Waals surface area contributed by atoms with E-state index in [-0.39, 0.29) is 6.03 Å². The number of imidazole rings is 1. The van der Waals surface area contributed by atoms with Gasteiger partial charge in [-0.15, -0.1) is 0 Å². The maximum atomic E-state index is 11.8. The van der Waals surface area contributed by atoms with Crippen molar-refractivity contribution in [2.45, 2.75) is 6.92 Å². The number of pyridine rings is 1. The summed E-state index contributed by atoms with van der Waals surface area (Å²) in [4.78, 5) is 20.8. The number of aromatic nitrogens is 4. The van der Waals surface area contributed by atoms with Gasteiger partial charge in [-0.3, -0.25) is 5.32 Å². The third-order valence-corrected chi connectivity index (χ3v) is 4.34. The highest BCUT2D eigenvalue weighted by molar-refractivity contribution is 6.30. The second-order valence-electron chi connectivity index (χ2n) is 6.03. The van der Waals surface area contributed by atoms with Gasteiger partial charge >= 0.3 is 6.03 Å². The van der Waals surface area contributed by atoms with E-state index >= 15 is 0 Å². The fraction of sp³-hybridized carbons (Fsp3) is 0.100. The first kappa shape index (κ1) is 17.9. The van der Waals surface area contributed by atoms with Crippen LogP contribution in [0.25, 0.3) is 28.2 Å². The number of carbonyl (C=O) groups excluding carboxylic acids is 1. The fourth-order valence-electron chi connectivity index (χ4n) is 2.95. The Bertz CT molecular complexity index is 1160. The van der Waals surface area contributed by atoms with Crippen molar-refractivity contribution in [1.82, 2.24) is 24.9 Å². The van der Waals surface area contributed by atoms with E-state index in [4.69, 9.17) is 16.6 Å². The van der Waals surface area contributed by atoms with Crippen molar-refractivity contribution >= 4 is 29.1 Å². The Kier molecular flexibility index (Phi) is 4.90. The van der Waals surface area contributed by atoms with Crippen LogP contribution in [-0.2, 0) is 0 Å². The number of fused-ring (bicyclic) bond motifs is 1. The van der Waals surface area contributed by atoms with Crippen LogP contribution in [0.1, 0.15) is 6.92 Å². The molecule has 28 heavy (non-hydrogen) atoms. The molecule has 0 aliphatic heterocycles. The van der Waals surface area contributed by atoms with E-state index in [1.807, 2.05) is 49.4 Å². The van der Waals surface area contributed by atoms with Gasteiger partial charge in [0.2, 0.25) is 0 Å². The monoisotopic (exact) mass is 392 g/mol. The second-order valence-corrected chi connectivity index (χ2v) is 6.46. The molecule has 3 aromatic heterocycles. The standard InChI is InChI=1S/C20H17ClN6O/c1-2-22-20(28)25-16-12-14(8-10-23-16)19-18(13-5-3-6-15(21)11-13)26-17-7-4-9-24-27(17)19/h3-12H,2H2,1H3,(H2,22,23,25,28). The maximum Gasteiger partial charge on any atom is 0.320 e. The molecule has 0 atom stereocenters. The topological polar surface area (TPSA) is 84.2 Å². The van der Waals surface area contributed by atoms with Crippen LogP contribution in [0.4, 0.5) is 10.6 Å². The average molecular weight is 393 g/mol. The third kappa shape index (κ3) is 3.52. The first-order valence-electron chi connectivity index (χ1n) is 8.76. The van der Waals surface area contributed by atoms with Gasteiger partial charge in [-0.05, 0) is 43.3 Å². The van der Waals surface area contributed by atoms with Crippen LogP contribution < -0.4 is 10.6 Å². The van der Waals surface area contributed by atoms with Crippen LogP contribution in [0.15, 0.2) is 60.9 Å². The summed E-state index contributed by atoms with van der Waals surface area (Å²) in [5.74, 6) is 0.436. The summed E-state index contributed by atoms with van der Waals surface area (Å²) in [6.45, 7) is 2.38.